The molecule has 2 aromatic carbocycles. The van der Waals surface area contributed by atoms with Crippen molar-refractivity contribution in [3.05, 3.63) is 47.5 Å². The van der Waals surface area contributed by atoms with Crippen molar-refractivity contribution in [1.82, 2.24) is 0 Å². The van der Waals surface area contributed by atoms with Gasteiger partial charge in [-0.15, -0.1) is 0 Å². The van der Waals surface area contributed by atoms with Crippen LogP contribution in [0.1, 0.15) is 153 Å². The molecule has 2 N–H and O–H groups in total. The fraction of sp³-hybridized carbons (Fsp3) is 0.667. The average Bonchev–Trinajstić information content (AvgIpc) is 2.98. The third-order valence-corrected chi connectivity index (χ3v) is 9.99. The summed E-state index contributed by atoms with van der Waals surface area (Å²) in [6.45, 7) is 4.46. The van der Waals surface area contributed by atoms with Crippen LogP contribution in [0.3, 0.4) is 0 Å². The number of aromatic hydroxyl groups is 1. The first-order valence-electron chi connectivity index (χ1n) is 17.4. The van der Waals surface area contributed by atoms with Gasteiger partial charge in [0.2, 0.25) is 0 Å². The van der Waals surface area contributed by atoms with Crippen molar-refractivity contribution in [3.8, 4) is 11.5 Å². The summed E-state index contributed by atoms with van der Waals surface area (Å²) in [7, 11) is -9.00. The van der Waals surface area contributed by atoms with Gasteiger partial charge in [0, 0.05) is 4.90 Å². The third-order valence-electron chi connectivity index (χ3n) is 8.22. The van der Waals surface area contributed by atoms with E-state index in [4.69, 9.17) is 4.55 Å². The van der Waals surface area contributed by atoms with Gasteiger partial charge in [-0.2, -0.15) is 8.42 Å². The minimum Gasteiger partial charge on any atom is -0.872 e. The smallest absolute Gasteiger partial charge is 0.872 e. The molecule has 0 aromatic heterocycles. The standard InChI is InChI=1S/2C18H30O4S.Mg/c2*1-2-3-4-5-6-7-8-9-10-11-12-16-13-14-18(17(19)15-16)23(20,21)22;/h2*13-15,19H,2-12H2,1H3,(H,20,21,22);/q;;+2/p-2. The molecule has 0 aliphatic heterocycles. The van der Waals surface area contributed by atoms with E-state index in [0.717, 1.165) is 55.7 Å². The summed E-state index contributed by atoms with van der Waals surface area (Å²) in [6.07, 6.45) is 26.8. The summed E-state index contributed by atoms with van der Waals surface area (Å²) in [5, 5.41) is 21.2. The second-order valence-electron chi connectivity index (χ2n) is 12.4. The van der Waals surface area contributed by atoms with Crippen LogP contribution in [0.2, 0.25) is 0 Å². The van der Waals surface area contributed by atoms with Crippen LogP contribution in [0.25, 0.3) is 0 Å². The van der Waals surface area contributed by atoms with Crippen molar-refractivity contribution in [1.29, 1.82) is 0 Å². The average molecular weight is 707 g/mol. The second kappa shape index (κ2) is 26.5. The molecule has 0 unspecified atom stereocenters. The van der Waals surface area contributed by atoms with E-state index >= 15 is 0 Å². The van der Waals surface area contributed by atoms with E-state index in [1.165, 1.54) is 121 Å². The van der Waals surface area contributed by atoms with Gasteiger partial charge in [0.05, 0.1) is 0 Å². The molecule has 2 rings (SSSR count). The van der Waals surface area contributed by atoms with Crippen molar-refractivity contribution in [3.63, 3.8) is 0 Å². The number of phenols is 1. The molecule has 0 atom stereocenters. The fourth-order valence-electron chi connectivity index (χ4n) is 5.48. The van der Waals surface area contributed by atoms with Gasteiger partial charge in [-0.3, -0.25) is 4.55 Å². The molecule has 0 fully saturated rings. The molecule has 0 aliphatic rings. The van der Waals surface area contributed by atoms with E-state index in [-0.39, 0.29) is 28.8 Å². The van der Waals surface area contributed by atoms with E-state index in [0.29, 0.717) is 0 Å². The Kier molecular flexibility index (Phi) is 25.7. The summed E-state index contributed by atoms with van der Waals surface area (Å²) in [6, 6.07) is 8.32. The maximum absolute atomic E-state index is 11.6. The van der Waals surface area contributed by atoms with Gasteiger partial charge in [0.15, 0.2) is 0 Å². The molecule has 0 radical (unpaired) electrons. The predicted molar refractivity (Wildman–Crippen MR) is 189 cm³/mol. The summed E-state index contributed by atoms with van der Waals surface area (Å²) in [5.74, 6) is -1.07. The maximum Gasteiger partial charge on any atom is 2.00 e. The zero-order valence-corrected chi connectivity index (χ0v) is 31.9. The topological polar surface area (TPSA) is 155 Å². The van der Waals surface area contributed by atoms with Crippen LogP contribution in [0.5, 0.6) is 11.5 Å². The second-order valence-corrected chi connectivity index (χ2v) is 15.1. The Hall–Kier alpha value is -1.37. The Balaban J connectivity index is 0.000000882. The van der Waals surface area contributed by atoms with E-state index in [1.807, 2.05) is 0 Å². The largest absolute Gasteiger partial charge is 2.00 e. The summed E-state index contributed by atoms with van der Waals surface area (Å²) in [4.78, 5) is -1.08. The van der Waals surface area contributed by atoms with Crippen LogP contribution in [0.15, 0.2) is 46.2 Å². The van der Waals surface area contributed by atoms with E-state index in [1.54, 1.807) is 12.1 Å². The summed E-state index contributed by atoms with van der Waals surface area (Å²) < 4.78 is 63.5. The molecule has 0 saturated heterocycles. The molecular formula is C36H58MgO8S2. The molecule has 0 amide bonds. The SMILES string of the molecule is CCCCCCCCCCCCc1ccc(S(=O)(=O)O)c(O)c1.CCCCCCCCCCCCc1ccc(S(=O)(=O)[O-])c([O-])c1.[Mg+2]. The molecule has 8 nitrogen and oxygen atoms in total. The van der Waals surface area contributed by atoms with Crippen molar-refractivity contribution in [2.45, 2.75) is 165 Å². The Morgan fingerprint density at radius 1 is 0.553 bits per heavy atom. The van der Waals surface area contributed by atoms with Crippen LogP contribution in [0, 0.1) is 0 Å². The number of phenolic OH excluding ortho intramolecular Hbond substituents is 1. The molecule has 11 heteroatoms. The predicted octanol–water partition coefficient (Wildman–Crippen LogP) is 8.85. The Morgan fingerprint density at radius 3 is 1.21 bits per heavy atom. The molecule has 0 heterocycles. The van der Waals surface area contributed by atoms with Crippen molar-refractivity contribution >= 4 is 43.3 Å². The first kappa shape index (κ1) is 45.6. The summed E-state index contributed by atoms with van der Waals surface area (Å²) >= 11 is 0. The summed E-state index contributed by atoms with van der Waals surface area (Å²) in [5.41, 5.74) is 1.71. The van der Waals surface area contributed by atoms with E-state index in [9.17, 15) is 31.6 Å². The maximum atomic E-state index is 11.6. The number of hydrogen-bond acceptors (Lipinski definition) is 7. The van der Waals surface area contributed by atoms with Crippen LogP contribution in [-0.4, -0.2) is 54.1 Å². The minimum absolute atomic E-state index is 0. The van der Waals surface area contributed by atoms with E-state index in [2.05, 4.69) is 13.8 Å². The monoisotopic (exact) mass is 706 g/mol. The molecule has 47 heavy (non-hydrogen) atoms. The quantitative estimate of drug-likeness (QED) is 0.0623. The van der Waals surface area contributed by atoms with Gasteiger partial charge in [-0.05, 0) is 55.0 Å². The number of unbranched alkanes of at least 4 members (excludes halogenated alkanes) is 18. The normalized spacial score (nSPS) is 11.5. The van der Waals surface area contributed by atoms with Gasteiger partial charge in [0.25, 0.3) is 10.1 Å². The first-order chi connectivity index (χ1) is 21.9. The molecule has 0 aliphatic carbocycles. The number of benzene rings is 2. The molecule has 2 aromatic rings. The Labute approximate surface area is 301 Å². The van der Waals surface area contributed by atoms with Gasteiger partial charge in [-0.1, -0.05) is 153 Å². The number of rotatable bonds is 24. The Morgan fingerprint density at radius 2 is 0.894 bits per heavy atom. The number of aryl methyl sites for hydroxylation is 2. The van der Waals surface area contributed by atoms with Crippen LogP contribution in [-0.2, 0) is 33.1 Å². The number of hydrogen-bond donors (Lipinski definition) is 2. The van der Waals surface area contributed by atoms with Crippen LogP contribution >= 0.6 is 0 Å². The zero-order chi connectivity index (χ0) is 34.3. The van der Waals surface area contributed by atoms with Gasteiger partial charge >= 0.3 is 23.1 Å². The fourth-order valence-corrected chi connectivity index (χ4v) is 6.59. The molecule has 0 spiro atoms. The van der Waals surface area contributed by atoms with E-state index < -0.39 is 35.8 Å². The zero-order valence-electron chi connectivity index (χ0n) is 28.9. The van der Waals surface area contributed by atoms with Crippen LogP contribution < -0.4 is 5.11 Å². The molecule has 0 saturated carbocycles. The third kappa shape index (κ3) is 22.1. The Bertz CT molecular complexity index is 1210. The van der Waals surface area contributed by atoms with Crippen molar-refractivity contribution in [2.75, 3.05) is 0 Å². The van der Waals surface area contributed by atoms with Gasteiger partial charge < -0.3 is 14.8 Å². The van der Waals surface area contributed by atoms with Crippen molar-refractivity contribution in [2.24, 2.45) is 0 Å². The molecule has 0 bridgehead atoms. The first-order valence-corrected chi connectivity index (χ1v) is 20.3. The molecule has 264 valence electrons. The van der Waals surface area contributed by atoms with Crippen LogP contribution in [0.4, 0.5) is 0 Å². The van der Waals surface area contributed by atoms with Crippen molar-refractivity contribution < 1.29 is 36.2 Å². The molecular weight excluding hydrogens is 649 g/mol. The van der Waals surface area contributed by atoms with Gasteiger partial charge in [-0.25, -0.2) is 8.42 Å². The van der Waals surface area contributed by atoms with Gasteiger partial charge in [0.1, 0.15) is 20.8 Å². The minimum atomic E-state index is -4.66.